The number of hydrogen-bond acceptors (Lipinski definition) is 3. The molecule has 2 aliphatic rings. The fraction of sp³-hybridized carbons (Fsp3) is 0.667. The van der Waals surface area contributed by atoms with Crippen LogP contribution in [0.1, 0.15) is 31.2 Å². The summed E-state index contributed by atoms with van der Waals surface area (Å²) >= 11 is 0. The first-order chi connectivity index (χ1) is 10.4. The van der Waals surface area contributed by atoms with Gasteiger partial charge in [-0.15, -0.1) is 0 Å². The molecule has 0 aliphatic carbocycles. The first kappa shape index (κ1) is 15.0. The number of rotatable bonds is 6. The Morgan fingerprint density at radius 3 is 2.62 bits per heavy atom. The first-order valence-electron chi connectivity index (χ1n) is 8.51. The monoisotopic (exact) mass is 288 g/mol. The van der Waals surface area contributed by atoms with Gasteiger partial charge in [-0.05, 0) is 50.8 Å². The van der Waals surface area contributed by atoms with Gasteiger partial charge in [0.2, 0.25) is 0 Å². The number of nitrogens with one attached hydrogen (secondary N) is 1. The lowest BCUT2D eigenvalue weighted by atomic mass is 10.0. The molecular weight excluding hydrogens is 260 g/mol. The van der Waals surface area contributed by atoms with Crippen molar-refractivity contribution in [2.24, 2.45) is 0 Å². The summed E-state index contributed by atoms with van der Waals surface area (Å²) in [6.07, 6.45) is 6.69. The molecule has 1 unspecified atom stereocenters. The number of piperidine rings is 1. The molecule has 21 heavy (non-hydrogen) atoms. The zero-order valence-electron chi connectivity index (χ0n) is 13.0. The van der Waals surface area contributed by atoms with Gasteiger partial charge in [-0.25, -0.2) is 0 Å². The molecule has 1 aromatic rings. The van der Waals surface area contributed by atoms with Crippen molar-refractivity contribution in [2.75, 3.05) is 32.8 Å². The molecule has 1 atom stereocenters. The van der Waals surface area contributed by atoms with Gasteiger partial charge in [-0.3, -0.25) is 0 Å². The van der Waals surface area contributed by atoms with Crippen molar-refractivity contribution in [3.8, 4) is 0 Å². The lowest BCUT2D eigenvalue weighted by Crippen LogP contribution is -2.45. The summed E-state index contributed by atoms with van der Waals surface area (Å²) in [5.41, 5.74) is 1.45. The third-order valence-corrected chi connectivity index (χ3v) is 4.81. The minimum atomic E-state index is 0.473. The van der Waals surface area contributed by atoms with E-state index in [-0.39, 0.29) is 0 Å². The van der Waals surface area contributed by atoms with Crippen molar-refractivity contribution in [2.45, 2.75) is 44.2 Å². The van der Waals surface area contributed by atoms with Gasteiger partial charge in [0.25, 0.3) is 0 Å². The molecule has 2 saturated heterocycles. The average Bonchev–Trinajstić information content (AvgIpc) is 3.06. The molecule has 0 saturated carbocycles. The molecule has 0 radical (unpaired) electrons. The summed E-state index contributed by atoms with van der Waals surface area (Å²) in [4.78, 5) is 2.61. The molecular formula is C18H28N2O. The fourth-order valence-corrected chi connectivity index (χ4v) is 3.40. The molecule has 0 amide bonds. The molecule has 1 N–H and O–H groups in total. The molecule has 2 fully saturated rings. The fourth-order valence-electron chi connectivity index (χ4n) is 3.40. The van der Waals surface area contributed by atoms with Crippen molar-refractivity contribution in [3.63, 3.8) is 0 Å². The van der Waals surface area contributed by atoms with Gasteiger partial charge in [0, 0.05) is 25.7 Å². The topological polar surface area (TPSA) is 24.5 Å². The van der Waals surface area contributed by atoms with E-state index >= 15 is 0 Å². The second kappa shape index (κ2) is 7.92. The molecule has 3 nitrogen and oxygen atoms in total. The van der Waals surface area contributed by atoms with Crippen LogP contribution in [0.4, 0.5) is 0 Å². The van der Waals surface area contributed by atoms with Crippen molar-refractivity contribution >= 4 is 0 Å². The van der Waals surface area contributed by atoms with Crippen LogP contribution in [0.25, 0.3) is 0 Å². The van der Waals surface area contributed by atoms with Crippen LogP contribution in [0, 0.1) is 0 Å². The quantitative estimate of drug-likeness (QED) is 0.870. The zero-order valence-corrected chi connectivity index (χ0v) is 13.0. The Balaban J connectivity index is 1.31. The van der Waals surface area contributed by atoms with E-state index in [0.29, 0.717) is 12.1 Å². The van der Waals surface area contributed by atoms with Gasteiger partial charge in [-0.1, -0.05) is 30.3 Å². The lowest BCUT2D eigenvalue weighted by molar-refractivity contribution is 0.102. The largest absolute Gasteiger partial charge is 0.377 e. The highest BCUT2D eigenvalue weighted by Gasteiger charge is 2.21. The predicted molar refractivity (Wildman–Crippen MR) is 86.6 cm³/mol. The van der Waals surface area contributed by atoms with Crippen LogP contribution in [0.3, 0.4) is 0 Å². The van der Waals surface area contributed by atoms with Gasteiger partial charge >= 0.3 is 0 Å². The molecule has 3 rings (SSSR count). The zero-order chi connectivity index (χ0) is 14.3. The van der Waals surface area contributed by atoms with E-state index in [2.05, 4.69) is 40.5 Å². The lowest BCUT2D eigenvalue weighted by Gasteiger charge is -2.33. The Morgan fingerprint density at radius 1 is 1.10 bits per heavy atom. The Morgan fingerprint density at radius 2 is 1.90 bits per heavy atom. The Labute approximate surface area is 128 Å². The third kappa shape index (κ3) is 4.80. The van der Waals surface area contributed by atoms with Crippen LogP contribution in [0.2, 0.25) is 0 Å². The number of likely N-dealkylation sites (tertiary alicyclic amines) is 1. The number of nitrogens with zero attached hydrogens (tertiary/aromatic N) is 1. The minimum absolute atomic E-state index is 0.473. The van der Waals surface area contributed by atoms with E-state index in [1.165, 1.54) is 57.3 Å². The maximum Gasteiger partial charge on any atom is 0.0700 e. The van der Waals surface area contributed by atoms with Crippen LogP contribution in [0.15, 0.2) is 30.3 Å². The van der Waals surface area contributed by atoms with E-state index in [1.54, 1.807) is 0 Å². The van der Waals surface area contributed by atoms with Crippen LogP contribution in [0.5, 0.6) is 0 Å². The Bertz CT molecular complexity index is 395. The van der Waals surface area contributed by atoms with E-state index < -0.39 is 0 Å². The molecule has 116 valence electrons. The van der Waals surface area contributed by atoms with E-state index in [9.17, 15) is 0 Å². The van der Waals surface area contributed by atoms with Gasteiger partial charge in [-0.2, -0.15) is 0 Å². The molecule has 2 heterocycles. The van der Waals surface area contributed by atoms with Gasteiger partial charge in [0.05, 0.1) is 6.10 Å². The normalized spacial score (nSPS) is 24.5. The number of hydrogen-bond donors (Lipinski definition) is 1. The summed E-state index contributed by atoms with van der Waals surface area (Å²) in [6, 6.07) is 11.5. The maximum atomic E-state index is 5.68. The highest BCUT2D eigenvalue weighted by atomic mass is 16.5. The van der Waals surface area contributed by atoms with E-state index in [1.807, 2.05) is 0 Å². The van der Waals surface area contributed by atoms with Crippen LogP contribution in [-0.2, 0) is 11.2 Å². The second-order valence-electron chi connectivity index (χ2n) is 6.39. The van der Waals surface area contributed by atoms with Crippen LogP contribution in [-0.4, -0.2) is 49.8 Å². The third-order valence-electron chi connectivity index (χ3n) is 4.81. The molecule has 3 heteroatoms. The van der Waals surface area contributed by atoms with Gasteiger partial charge < -0.3 is 15.0 Å². The molecule has 1 aromatic carbocycles. The van der Waals surface area contributed by atoms with Crippen molar-refractivity contribution in [1.82, 2.24) is 10.2 Å². The van der Waals surface area contributed by atoms with Gasteiger partial charge in [0.15, 0.2) is 0 Å². The molecule has 0 aromatic heterocycles. The number of benzene rings is 1. The Hall–Kier alpha value is -0.900. The van der Waals surface area contributed by atoms with Gasteiger partial charge in [0.1, 0.15) is 0 Å². The molecule has 0 spiro atoms. The average molecular weight is 288 g/mol. The smallest absolute Gasteiger partial charge is 0.0700 e. The van der Waals surface area contributed by atoms with Crippen molar-refractivity contribution in [3.05, 3.63) is 35.9 Å². The summed E-state index contributed by atoms with van der Waals surface area (Å²) in [5.74, 6) is 0. The van der Waals surface area contributed by atoms with Crippen LogP contribution < -0.4 is 5.32 Å². The van der Waals surface area contributed by atoms with Crippen molar-refractivity contribution in [1.29, 1.82) is 0 Å². The standard InChI is InChI=1S/C18H28N2O/c1-2-5-16(6-3-1)8-11-20-12-9-17(10-13-20)19-15-18-7-4-14-21-18/h1-3,5-6,17-19H,4,7-15H2. The molecule has 2 aliphatic heterocycles. The van der Waals surface area contributed by atoms with Crippen LogP contribution >= 0.6 is 0 Å². The maximum absolute atomic E-state index is 5.68. The Kier molecular flexibility index (Phi) is 5.67. The number of ether oxygens (including phenoxy) is 1. The summed E-state index contributed by atoms with van der Waals surface area (Å²) in [5, 5.41) is 3.71. The van der Waals surface area contributed by atoms with E-state index in [0.717, 1.165) is 13.2 Å². The van der Waals surface area contributed by atoms with E-state index in [4.69, 9.17) is 4.74 Å². The predicted octanol–water partition coefficient (Wildman–Crippen LogP) is 2.46. The minimum Gasteiger partial charge on any atom is -0.377 e. The second-order valence-corrected chi connectivity index (χ2v) is 6.39. The SMILES string of the molecule is c1ccc(CCN2CCC(NCC3CCCO3)CC2)cc1. The highest BCUT2D eigenvalue weighted by molar-refractivity contribution is 5.14. The summed E-state index contributed by atoms with van der Waals surface area (Å²) in [7, 11) is 0. The first-order valence-corrected chi connectivity index (χ1v) is 8.51. The van der Waals surface area contributed by atoms with Crippen molar-refractivity contribution < 1.29 is 4.74 Å². The highest BCUT2D eigenvalue weighted by Crippen LogP contribution is 2.14. The molecule has 0 bridgehead atoms. The summed E-state index contributed by atoms with van der Waals surface area (Å²) in [6.45, 7) is 5.67. The summed E-state index contributed by atoms with van der Waals surface area (Å²) < 4.78 is 5.68.